The van der Waals surface area contributed by atoms with Gasteiger partial charge in [-0.25, -0.2) is 0 Å². The van der Waals surface area contributed by atoms with Crippen LogP contribution in [0.4, 0.5) is 0 Å². The molecule has 0 unspecified atom stereocenters. The van der Waals surface area contributed by atoms with Gasteiger partial charge in [-0.2, -0.15) is 0 Å². The van der Waals surface area contributed by atoms with Gasteiger partial charge in [-0.1, -0.05) is 12.8 Å². The Morgan fingerprint density at radius 3 is 2.21 bits per heavy atom. The standard InChI is InChI=1S/C11H24ClNO/c1-11(2)13(9-10-14)8-6-4-3-5-7-12/h11,14H,3-10H2,1-2H3. The van der Waals surface area contributed by atoms with Gasteiger partial charge in [0.05, 0.1) is 6.61 Å². The van der Waals surface area contributed by atoms with Gasteiger partial charge in [0.1, 0.15) is 0 Å². The second kappa shape index (κ2) is 9.75. The minimum atomic E-state index is 0.264. The minimum absolute atomic E-state index is 0.264. The van der Waals surface area contributed by atoms with Gasteiger partial charge in [-0.15, -0.1) is 11.6 Å². The molecule has 0 aromatic rings. The molecule has 0 amide bonds. The lowest BCUT2D eigenvalue weighted by Gasteiger charge is -2.25. The molecule has 0 aromatic heterocycles. The summed E-state index contributed by atoms with van der Waals surface area (Å²) >= 11 is 5.60. The molecule has 0 heterocycles. The van der Waals surface area contributed by atoms with Crippen molar-refractivity contribution >= 4 is 11.6 Å². The number of aliphatic hydroxyl groups is 1. The van der Waals surface area contributed by atoms with E-state index in [4.69, 9.17) is 16.7 Å². The van der Waals surface area contributed by atoms with E-state index in [2.05, 4.69) is 18.7 Å². The number of halogens is 1. The molecule has 0 aliphatic rings. The molecule has 0 aliphatic carbocycles. The van der Waals surface area contributed by atoms with E-state index in [9.17, 15) is 0 Å². The summed E-state index contributed by atoms with van der Waals surface area (Å²) in [7, 11) is 0. The number of hydrogen-bond acceptors (Lipinski definition) is 2. The predicted octanol–water partition coefficient (Wildman–Crippen LogP) is 2.49. The van der Waals surface area contributed by atoms with Crippen LogP contribution in [-0.2, 0) is 0 Å². The van der Waals surface area contributed by atoms with Gasteiger partial charge in [0, 0.05) is 18.5 Å². The van der Waals surface area contributed by atoms with Crippen molar-refractivity contribution in [3.63, 3.8) is 0 Å². The van der Waals surface area contributed by atoms with E-state index in [0.717, 1.165) is 25.4 Å². The van der Waals surface area contributed by atoms with Crippen LogP contribution in [0.2, 0.25) is 0 Å². The Morgan fingerprint density at radius 2 is 1.71 bits per heavy atom. The van der Waals surface area contributed by atoms with Crippen LogP contribution >= 0.6 is 11.6 Å². The van der Waals surface area contributed by atoms with Crippen molar-refractivity contribution in [3.8, 4) is 0 Å². The first-order valence-electron chi connectivity index (χ1n) is 5.63. The van der Waals surface area contributed by atoms with E-state index in [1.54, 1.807) is 0 Å². The molecule has 14 heavy (non-hydrogen) atoms. The van der Waals surface area contributed by atoms with Crippen molar-refractivity contribution in [2.45, 2.75) is 45.6 Å². The van der Waals surface area contributed by atoms with Crippen LogP contribution < -0.4 is 0 Å². The van der Waals surface area contributed by atoms with Gasteiger partial charge in [0.2, 0.25) is 0 Å². The lowest BCUT2D eigenvalue weighted by molar-refractivity contribution is 0.163. The topological polar surface area (TPSA) is 23.5 Å². The minimum Gasteiger partial charge on any atom is -0.395 e. The summed E-state index contributed by atoms with van der Waals surface area (Å²) in [6.45, 7) is 6.51. The predicted molar refractivity (Wildman–Crippen MR) is 63.0 cm³/mol. The molecule has 0 fully saturated rings. The normalized spacial score (nSPS) is 11.6. The largest absolute Gasteiger partial charge is 0.395 e. The summed E-state index contributed by atoms with van der Waals surface area (Å²) in [4.78, 5) is 2.32. The molecule has 0 aliphatic heterocycles. The zero-order valence-electron chi connectivity index (χ0n) is 9.51. The third-order valence-electron chi connectivity index (χ3n) is 2.45. The Hall–Kier alpha value is 0.210. The molecule has 0 atom stereocenters. The first kappa shape index (κ1) is 14.2. The van der Waals surface area contributed by atoms with Crippen LogP contribution in [0.5, 0.6) is 0 Å². The second-order valence-electron chi connectivity index (χ2n) is 3.96. The number of rotatable bonds is 9. The zero-order valence-corrected chi connectivity index (χ0v) is 10.3. The van der Waals surface area contributed by atoms with E-state index in [0.29, 0.717) is 6.04 Å². The fourth-order valence-electron chi connectivity index (χ4n) is 1.52. The monoisotopic (exact) mass is 221 g/mol. The Labute approximate surface area is 93.2 Å². The maximum absolute atomic E-state index is 8.87. The average molecular weight is 222 g/mol. The molecule has 0 radical (unpaired) electrons. The lowest BCUT2D eigenvalue weighted by Crippen LogP contribution is -2.34. The second-order valence-corrected chi connectivity index (χ2v) is 4.33. The molecule has 0 saturated carbocycles. The molecule has 0 aromatic carbocycles. The fourth-order valence-corrected chi connectivity index (χ4v) is 1.71. The lowest BCUT2D eigenvalue weighted by atomic mass is 10.2. The summed E-state index contributed by atoms with van der Waals surface area (Å²) < 4.78 is 0. The summed E-state index contributed by atoms with van der Waals surface area (Å²) in [5, 5.41) is 8.87. The van der Waals surface area contributed by atoms with Crippen LogP contribution in [0, 0.1) is 0 Å². The highest BCUT2D eigenvalue weighted by atomic mass is 35.5. The molecule has 0 rings (SSSR count). The van der Waals surface area contributed by atoms with Gasteiger partial charge in [-0.3, -0.25) is 4.90 Å². The average Bonchev–Trinajstić information content (AvgIpc) is 2.15. The summed E-state index contributed by atoms with van der Waals surface area (Å²) in [6.07, 6.45) is 4.83. The molecular weight excluding hydrogens is 198 g/mol. The maximum atomic E-state index is 8.87. The summed E-state index contributed by atoms with van der Waals surface area (Å²) in [5.74, 6) is 0.782. The Balaban J connectivity index is 3.41. The Morgan fingerprint density at radius 1 is 1.07 bits per heavy atom. The van der Waals surface area contributed by atoms with Gasteiger partial charge in [0.25, 0.3) is 0 Å². The van der Waals surface area contributed by atoms with Gasteiger partial charge < -0.3 is 5.11 Å². The van der Waals surface area contributed by atoms with Gasteiger partial charge in [0.15, 0.2) is 0 Å². The molecule has 1 N–H and O–H groups in total. The van der Waals surface area contributed by atoms with Gasteiger partial charge in [-0.05, 0) is 33.2 Å². The highest BCUT2D eigenvalue weighted by Gasteiger charge is 2.07. The van der Waals surface area contributed by atoms with Crippen molar-refractivity contribution in [2.75, 3.05) is 25.6 Å². The fraction of sp³-hybridized carbons (Fsp3) is 1.00. The molecule has 0 spiro atoms. The molecular formula is C11H24ClNO. The smallest absolute Gasteiger partial charge is 0.0558 e. The van der Waals surface area contributed by atoms with Crippen LogP contribution in [0.1, 0.15) is 39.5 Å². The van der Waals surface area contributed by atoms with Crippen molar-refractivity contribution in [1.82, 2.24) is 4.90 Å². The number of nitrogens with zero attached hydrogens (tertiary/aromatic N) is 1. The van der Waals surface area contributed by atoms with Gasteiger partial charge >= 0.3 is 0 Å². The SMILES string of the molecule is CC(C)N(CCO)CCCCCCCl. The highest BCUT2D eigenvalue weighted by Crippen LogP contribution is 2.05. The quantitative estimate of drug-likeness (QED) is 0.478. The van der Waals surface area contributed by atoms with Crippen LogP contribution in [0.25, 0.3) is 0 Å². The van der Waals surface area contributed by atoms with Crippen LogP contribution in [0.3, 0.4) is 0 Å². The number of alkyl halides is 1. The Bertz CT molecular complexity index is 120. The first-order valence-corrected chi connectivity index (χ1v) is 6.16. The highest BCUT2D eigenvalue weighted by molar-refractivity contribution is 6.17. The number of aliphatic hydroxyl groups excluding tert-OH is 1. The van der Waals surface area contributed by atoms with E-state index >= 15 is 0 Å². The maximum Gasteiger partial charge on any atom is 0.0558 e. The number of unbranched alkanes of at least 4 members (excludes halogenated alkanes) is 3. The van der Waals surface area contributed by atoms with E-state index in [1.807, 2.05) is 0 Å². The third-order valence-corrected chi connectivity index (χ3v) is 2.71. The van der Waals surface area contributed by atoms with Crippen molar-refractivity contribution in [3.05, 3.63) is 0 Å². The third kappa shape index (κ3) is 7.60. The van der Waals surface area contributed by atoms with E-state index in [1.165, 1.54) is 19.3 Å². The van der Waals surface area contributed by atoms with Crippen molar-refractivity contribution in [2.24, 2.45) is 0 Å². The van der Waals surface area contributed by atoms with E-state index < -0.39 is 0 Å². The summed E-state index contributed by atoms with van der Waals surface area (Å²) in [6, 6.07) is 0.537. The van der Waals surface area contributed by atoms with Crippen LogP contribution in [-0.4, -0.2) is 41.6 Å². The Kier molecular flexibility index (Phi) is 9.90. The van der Waals surface area contributed by atoms with Crippen molar-refractivity contribution < 1.29 is 5.11 Å². The number of hydrogen-bond donors (Lipinski definition) is 1. The van der Waals surface area contributed by atoms with Crippen LogP contribution in [0.15, 0.2) is 0 Å². The molecule has 3 heteroatoms. The molecule has 2 nitrogen and oxygen atoms in total. The zero-order chi connectivity index (χ0) is 10.8. The van der Waals surface area contributed by atoms with Crippen molar-refractivity contribution in [1.29, 1.82) is 0 Å². The molecule has 0 saturated heterocycles. The molecule has 0 bridgehead atoms. The first-order chi connectivity index (χ1) is 6.72. The van der Waals surface area contributed by atoms with E-state index in [-0.39, 0.29) is 6.61 Å². The molecule has 86 valence electrons. The summed E-state index contributed by atoms with van der Waals surface area (Å²) in [5.41, 5.74) is 0.